The topological polar surface area (TPSA) is 112 Å². The van der Waals surface area contributed by atoms with Gasteiger partial charge in [0.25, 0.3) is 11.6 Å². The van der Waals surface area contributed by atoms with Crippen LogP contribution in [0.4, 0.5) is 5.69 Å². The number of rotatable bonds is 5. The van der Waals surface area contributed by atoms with Gasteiger partial charge in [0.2, 0.25) is 0 Å². The molecule has 0 aliphatic rings. The number of hydrogen-bond acceptors (Lipinski definition) is 6. The Labute approximate surface area is 164 Å². The zero-order chi connectivity index (χ0) is 20.5. The highest BCUT2D eigenvalue weighted by molar-refractivity contribution is 7.90. The quantitative estimate of drug-likeness (QED) is 0.360. The van der Waals surface area contributed by atoms with E-state index in [9.17, 15) is 23.3 Å². The highest BCUT2D eigenvalue weighted by atomic mass is 32.2. The average Bonchev–Trinajstić information content (AvgIpc) is 2.98. The molecule has 2 aromatic carbocycles. The largest absolute Gasteiger partial charge is 0.312 e. The lowest BCUT2D eigenvalue weighted by Gasteiger charge is -2.04. The van der Waals surface area contributed by atoms with Crippen molar-refractivity contribution in [2.75, 3.05) is 6.26 Å². The number of sulfone groups is 1. The molecule has 0 bridgehead atoms. The van der Waals surface area contributed by atoms with Gasteiger partial charge in [0, 0.05) is 24.9 Å². The van der Waals surface area contributed by atoms with Crippen LogP contribution in [-0.4, -0.2) is 30.1 Å². The number of aromatic nitrogens is 1. The number of amides is 1. The van der Waals surface area contributed by atoms with Crippen molar-refractivity contribution in [3.8, 4) is 0 Å². The second-order valence-electron chi connectivity index (χ2n) is 5.88. The van der Waals surface area contributed by atoms with Gasteiger partial charge in [0.1, 0.15) is 0 Å². The number of thiazole rings is 1. The predicted molar refractivity (Wildman–Crippen MR) is 106 cm³/mol. The summed E-state index contributed by atoms with van der Waals surface area (Å²) in [5.74, 6) is -0.708. The van der Waals surface area contributed by atoms with Crippen LogP contribution >= 0.6 is 11.3 Å². The number of hydrogen-bond donors (Lipinski definition) is 0. The maximum Gasteiger partial charge on any atom is 0.280 e. The van der Waals surface area contributed by atoms with Crippen LogP contribution < -0.4 is 4.80 Å². The summed E-state index contributed by atoms with van der Waals surface area (Å²) >= 11 is 1.18. The van der Waals surface area contributed by atoms with Gasteiger partial charge in [-0.15, -0.1) is 6.58 Å². The Morgan fingerprint density at radius 1 is 1.32 bits per heavy atom. The lowest BCUT2D eigenvalue weighted by atomic mass is 10.2. The molecule has 1 heterocycles. The van der Waals surface area contributed by atoms with Crippen LogP contribution in [0, 0.1) is 10.1 Å². The number of nitro benzene ring substituents is 1. The number of carbonyl (C=O) groups excluding carboxylic acids is 1. The average molecular weight is 417 g/mol. The molecule has 0 aliphatic heterocycles. The third kappa shape index (κ3) is 3.78. The first kappa shape index (κ1) is 19.6. The summed E-state index contributed by atoms with van der Waals surface area (Å²) in [6.07, 6.45) is 2.61. The SMILES string of the molecule is C=CCn1c(=NC(=O)c2ccccc2S(C)(=O)=O)sc2ccc([N+](=O)[O-])cc21. The van der Waals surface area contributed by atoms with Gasteiger partial charge >= 0.3 is 0 Å². The number of nitro groups is 1. The van der Waals surface area contributed by atoms with Crippen molar-refractivity contribution in [1.29, 1.82) is 0 Å². The van der Waals surface area contributed by atoms with E-state index in [0.29, 0.717) is 15.0 Å². The fraction of sp³-hybridized carbons (Fsp3) is 0.111. The fourth-order valence-electron chi connectivity index (χ4n) is 2.68. The lowest BCUT2D eigenvalue weighted by molar-refractivity contribution is -0.384. The molecule has 1 aromatic heterocycles. The Morgan fingerprint density at radius 3 is 2.68 bits per heavy atom. The van der Waals surface area contributed by atoms with Crippen LogP contribution in [0.5, 0.6) is 0 Å². The molecule has 0 N–H and O–H groups in total. The van der Waals surface area contributed by atoms with Gasteiger partial charge in [0.05, 0.1) is 25.6 Å². The molecule has 0 aliphatic carbocycles. The molecule has 144 valence electrons. The van der Waals surface area contributed by atoms with E-state index in [1.807, 2.05) is 0 Å². The van der Waals surface area contributed by atoms with Crippen molar-refractivity contribution in [3.05, 3.63) is 75.6 Å². The third-order valence-electron chi connectivity index (χ3n) is 3.90. The molecule has 8 nitrogen and oxygen atoms in total. The second-order valence-corrected chi connectivity index (χ2v) is 8.87. The Kier molecular flexibility index (Phi) is 5.25. The van der Waals surface area contributed by atoms with Crippen LogP contribution in [-0.2, 0) is 16.4 Å². The van der Waals surface area contributed by atoms with E-state index in [0.717, 1.165) is 6.26 Å². The van der Waals surface area contributed by atoms with Crippen molar-refractivity contribution in [2.24, 2.45) is 4.99 Å². The summed E-state index contributed by atoms with van der Waals surface area (Å²) in [6, 6.07) is 10.2. The highest BCUT2D eigenvalue weighted by Gasteiger charge is 2.18. The highest BCUT2D eigenvalue weighted by Crippen LogP contribution is 2.23. The van der Waals surface area contributed by atoms with E-state index in [2.05, 4.69) is 11.6 Å². The van der Waals surface area contributed by atoms with Crippen molar-refractivity contribution in [2.45, 2.75) is 11.4 Å². The summed E-state index contributed by atoms with van der Waals surface area (Å²) in [4.78, 5) is 27.6. The normalized spacial score (nSPS) is 12.2. The van der Waals surface area contributed by atoms with Gasteiger partial charge in [0.15, 0.2) is 14.6 Å². The molecule has 3 rings (SSSR count). The number of non-ortho nitro benzene ring substituents is 1. The first-order valence-electron chi connectivity index (χ1n) is 7.99. The number of benzene rings is 2. The van der Waals surface area contributed by atoms with E-state index in [-0.39, 0.29) is 22.7 Å². The number of fused-ring (bicyclic) bond motifs is 1. The standard InChI is InChI=1S/C18H15N3O5S2/c1-3-10-20-14-11-12(21(23)24)8-9-15(14)27-18(20)19-17(22)13-6-4-5-7-16(13)28(2,25)26/h3-9,11H,1,10H2,2H3. The molecule has 28 heavy (non-hydrogen) atoms. The summed E-state index contributed by atoms with van der Waals surface area (Å²) in [5.41, 5.74) is 0.434. The first-order chi connectivity index (χ1) is 13.2. The van der Waals surface area contributed by atoms with Gasteiger partial charge in [-0.3, -0.25) is 14.9 Å². The molecular formula is C18H15N3O5S2. The van der Waals surface area contributed by atoms with E-state index < -0.39 is 20.7 Å². The molecule has 0 unspecified atom stereocenters. The van der Waals surface area contributed by atoms with Crippen molar-refractivity contribution >= 4 is 43.0 Å². The predicted octanol–water partition coefficient (Wildman–Crippen LogP) is 2.94. The zero-order valence-corrected chi connectivity index (χ0v) is 16.4. The van der Waals surface area contributed by atoms with Crippen molar-refractivity contribution < 1.29 is 18.1 Å². The minimum Gasteiger partial charge on any atom is -0.312 e. The summed E-state index contributed by atoms with van der Waals surface area (Å²) in [5, 5.41) is 11.1. The van der Waals surface area contributed by atoms with Gasteiger partial charge in [-0.1, -0.05) is 29.5 Å². The lowest BCUT2D eigenvalue weighted by Crippen LogP contribution is -2.17. The number of allylic oxidation sites excluding steroid dienone is 1. The molecule has 0 radical (unpaired) electrons. The van der Waals surface area contributed by atoms with E-state index in [4.69, 9.17) is 0 Å². The minimum absolute atomic E-state index is 0.0291. The Hall–Kier alpha value is -3.11. The summed E-state index contributed by atoms with van der Waals surface area (Å²) in [6.45, 7) is 3.95. The molecular weight excluding hydrogens is 402 g/mol. The smallest absolute Gasteiger partial charge is 0.280 e. The summed E-state index contributed by atoms with van der Waals surface area (Å²) in [7, 11) is -3.61. The van der Waals surface area contributed by atoms with Crippen LogP contribution in [0.3, 0.4) is 0 Å². The van der Waals surface area contributed by atoms with E-state index in [1.54, 1.807) is 22.8 Å². The molecule has 0 saturated carbocycles. The molecule has 0 fully saturated rings. The monoisotopic (exact) mass is 417 g/mol. The second kappa shape index (κ2) is 7.49. The Morgan fingerprint density at radius 2 is 2.04 bits per heavy atom. The summed E-state index contributed by atoms with van der Waals surface area (Å²) < 4.78 is 26.2. The van der Waals surface area contributed by atoms with Gasteiger partial charge in [-0.05, 0) is 18.2 Å². The van der Waals surface area contributed by atoms with Gasteiger partial charge in [-0.2, -0.15) is 4.99 Å². The zero-order valence-electron chi connectivity index (χ0n) is 14.7. The Bertz CT molecular complexity index is 1290. The van der Waals surface area contributed by atoms with Gasteiger partial charge in [-0.25, -0.2) is 8.42 Å². The number of carbonyl (C=O) groups is 1. The van der Waals surface area contributed by atoms with Crippen LogP contribution in [0.25, 0.3) is 10.2 Å². The molecule has 0 atom stereocenters. The van der Waals surface area contributed by atoms with Crippen LogP contribution in [0.1, 0.15) is 10.4 Å². The maximum absolute atomic E-state index is 12.7. The maximum atomic E-state index is 12.7. The fourth-order valence-corrected chi connectivity index (χ4v) is 4.57. The molecule has 0 spiro atoms. The molecule has 0 saturated heterocycles. The first-order valence-corrected chi connectivity index (χ1v) is 10.7. The molecule has 10 heteroatoms. The van der Waals surface area contributed by atoms with Crippen LogP contribution in [0.15, 0.2) is 65.0 Å². The Balaban J connectivity index is 2.22. The van der Waals surface area contributed by atoms with Crippen molar-refractivity contribution in [1.82, 2.24) is 4.57 Å². The third-order valence-corrected chi connectivity index (χ3v) is 6.12. The van der Waals surface area contributed by atoms with E-state index >= 15 is 0 Å². The number of nitrogens with zero attached hydrogens (tertiary/aromatic N) is 3. The molecule has 3 aromatic rings. The minimum atomic E-state index is -3.61. The van der Waals surface area contributed by atoms with Crippen LogP contribution in [0.2, 0.25) is 0 Å². The van der Waals surface area contributed by atoms with Crippen molar-refractivity contribution in [3.63, 3.8) is 0 Å². The van der Waals surface area contributed by atoms with Gasteiger partial charge < -0.3 is 4.57 Å². The molecule has 1 amide bonds. The van der Waals surface area contributed by atoms with E-state index in [1.165, 1.54) is 41.7 Å².